The minimum Gasteiger partial charge on any atom is -0.361 e. The van der Waals surface area contributed by atoms with Crippen molar-refractivity contribution in [1.29, 1.82) is 0 Å². The molecule has 108 valence electrons. The van der Waals surface area contributed by atoms with E-state index in [0.717, 1.165) is 22.8 Å². The molecule has 1 aromatic carbocycles. The number of sulfone groups is 1. The quantitative estimate of drug-likeness (QED) is 0.775. The van der Waals surface area contributed by atoms with Crippen molar-refractivity contribution in [3.63, 3.8) is 0 Å². The first kappa shape index (κ1) is 13.9. The molecule has 2 aromatic heterocycles. The molecule has 0 radical (unpaired) electrons. The van der Waals surface area contributed by atoms with Gasteiger partial charge < -0.3 is 10.3 Å². The molecule has 7 heteroatoms. The Kier molecular flexibility index (Phi) is 3.35. The SMILES string of the molecule is CS(=O)(=O)c1ccc(Nc2cc(Cl)cc3[nH]ccc23)nc1. The van der Waals surface area contributed by atoms with Crippen LogP contribution in [0.2, 0.25) is 5.02 Å². The van der Waals surface area contributed by atoms with Crippen LogP contribution in [0, 0.1) is 0 Å². The van der Waals surface area contributed by atoms with Crippen LogP contribution in [-0.2, 0) is 9.84 Å². The predicted molar refractivity (Wildman–Crippen MR) is 83.9 cm³/mol. The first-order chi connectivity index (χ1) is 9.93. The zero-order chi connectivity index (χ0) is 15.0. The normalized spacial score (nSPS) is 11.7. The van der Waals surface area contributed by atoms with Crippen molar-refractivity contribution in [2.75, 3.05) is 11.6 Å². The van der Waals surface area contributed by atoms with Crippen LogP contribution in [-0.4, -0.2) is 24.6 Å². The van der Waals surface area contributed by atoms with Gasteiger partial charge in [0.25, 0.3) is 0 Å². The summed E-state index contributed by atoms with van der Waals surface area (Å²) in [5.41, 5.74) is 1.72. The monoisotopic (exact) mass is 321 g/mol. The number of aromatic amines is 1. The number of aromatic nitrogens is 2. The summed E-state index contributed by atoms with van der Waals surface area (Å²) in [5.74, 6) is 0.548. The molecule has 0 atom stereocenters. The van der Waals surface area contributed by atoms with E-state index in [9.17, 15) is 8.42 Å². The minimum atomic E-state index is -3.24. The van der Waals surface area contributed by atoms with Gasteiger partial charge in [-0.1, -0.05) is 11.6 Å². The number of halogens is 1. The van der Waals surface area contributed by atoms with Crippen molar-refractivity contribution in [2.45, 2.75) is 4.90 Å². The average Bonchev–Trinajstić information content (AvgIpc) is 2.86. The first-order valence-corrected chi connectivity index (χ1v) is 8.40. The molecule has 2 N–H and O–H groups in total. The van der Waals surface area contributed by atoms with Crippen LogP contribution in [0.4, 0.5) is 11.5 Å². The number of anilines is 2. The van der Waals surface area contributed by atoms with Gasteiger partial charge in [0.2, 0.25) is 0 Å². The molecule has 5 nitrogen and oxygen atoms in total. The highest BCUT2D eigenvalue weighted by molar-refractivity contribution is 7.90. The predicted octanol–water partition coefficient (Wildman–Crippen LogP) is 3.36. The van der Waals surface area contributed by atoms with Crippen LogP contribution >= 0.6 is 11.6 Å². The van der Waals surface area contributed by atoms with Gasteiger partial charge in [-0.25, -0.2) is 13.4 Å². The summed E-state index contributed by atoms with van der Waals surface area (Å²) < 4.78 is 22.8. The van der Waals surface area contributed by atoms with Crippen molar-refractivity contribution in [1.82, 2.24) is 9.97 Å². The number of pyridine rings is 1. The topological polar surface area (TPSA) is 74.8 Å². The Hall–Kier alpha value is -2.05. The van der Waals surface area contributed by atoms with Gasteiger partial charge in [-0.2, -0.15) is 0 Å². The van der Waals surface area contributed by atoms with Crippen LogP contribution < -0.4 is 5.32 Å². The number of nitrogens with zero attached hydrogens (tertiary/aromatic N) is 1. The van der Waals surface area contributed by atoms with Crippen LogP contribution in [0.5, 0.6) is 0 Å². The maximum atomic E-state index is 11.4. The van der Waals surface area contributed by atoms with Crippen LogP contribution in [0.15, 0.2) is 47.6 Å². The Morgan fingerprint density at radius 3 is 2.71 bits per heavy atom. The highest BCUT2D eigenvalue weighted by Gasteiger charge is 2.09. The van der Waals surface area contributed by atoms with Gasteiger partial charge in [0, 0.05) is 34.6 Å². The largest absolute Gasteiger partial charge is 0.361 e. The lowest BCUT2D eigenvalue weighted by Crippen LogP contribution is -1.99. The summed E-state index contributed by atoms with van der Waals surface area (Å²) >= 11 is 6.07. The van der Waals surface area contributed by atoms with E-state index in [1.807, 2.05) is 18.3 Å². The molecular formula is C14H12ClN3O2S. The second-order valence-corrected chi connectivity index (χ2v) is 7.12. The fourth-order valence-electron chi connectivity index (χ4n) is 2.05. The Labute approximate surface area is 126 Å². The van der Waals surface area contributed by atoms with Gasteiger partial charge in [0.1, 0.15) is 5.82 Å². The smallest absolute Gasteiger partial charge is 0.177 e. The highest BCUT2D eigenvalue weighted by atomic mass is 35.5. The second kappa shape index (κ2) is 5.05. The first-order valence-electron chi connectivity index (χ1n) is 6.13. The van der Waals surface area contributed by atoms with Gasteiger partial charge in [-0.15, -0.1) is 0 Å². The number of rotatable bonds is 3. The van der Waals surface area contributed by atoms with Crippen LogP contribution in [0.1, 0.15) is 0 Å². The summed E-state index contributed by atoms with van der Waals surface area (Å²) in [5, 5.41) is 4.72. The summed E-state index contributed by atoms with van der Waals surface area (Å²) in [6, 6.07) is 8.70. The Morgan fingerprint density at radius 2 is 2.05 bits per heavy atom. The molecule has 0 unspecified atom stereocenters. The summed E-state index contributed by atoms with van der Waals surface area (Å²) in [6.45, 7) is 0. The number of hydrogen-bond donors (Lipinski definition) is 2. The molecule has 3 aromatic rings. The maximum absolute atomic E-state index is 11.4. The van der Waals surface area contributed by atoms with Gasteiger partial charge in [0.15, 0.2) is 9.84 Å². The molecule has 0 aliphatic rings. The van der Waals surface area contributed by atoms with E-state index in [2.05, 4.69) is 15.3 Å². The fraction of sp³-hybridized carbons (Fsp3) is 0.0714. The summed E-state index contributed by atoms with van der Waals surface area (Å²) in [6.07, 6.45) is 4.31. The van der Waals surface area contributed by atoms with Crippen molar-refractivity contribution < 1.29 is 8.42 Å². The third-order valence-corrected chi connectivity index (χ3v) is 4.38. The van der Waals surface area contributed by atoms with Crippen molar-refractivity contribution >= 4 is 43.8 Å². The highest BCUT2D eigenvalue weighted by Crippen LogP contribution is 2.29. The van der Waals surface area contributed by atoms with Crippen molar-refractivity contribution in [2.24, 2.45) is 0 Å². The van der Waals surface area contributed by atoms with E-state index < -0.39 is 9.84 Å². The zero-order valence-electron chi connectivity index (χ0n) is 11.1. The van der Waals surface area contributed by atoms with E-state index in [4.69, 9.17) is 11.6 Å². The molecule has 0 amide bonds. The van der Waals surface area contributed by atoms with Crippen LogP contribution in [0.25, 0.3) is 10.9 Å². The molecule has 0 saturated carbocycles. The van der Waals surface area contributed by atoms with Crippen molar-refractivity contribution in [3.05, 3.63) is 47.7 Å². The van der Waals surface area contributed by atoms with E-state index in [0.29, 0.717) is 10.8 Å². The lowest BCUT2D eigenvalue weighted by Gasteiger charge is -2.08. The Bertz CT molecular complexity index is 902. The van der Waals surface area contributed by atoms with E-state index in [1.165, 1.54) is 12.3 Å². The summed E-state index contributed by atoms with van der Waals surface area (Å²) in [7, 11) is -3.24. The Morgan fingerprint density at radius 1 is 1.24 bits per heavy atom. The standard InChI is InChI=1S/C14H12ClN3O2S/c1-21(19,20)10-2-3-14(17-8-10)18-13-7-9(15)6-12-11(13)4-5-16-12/h2-8,16H,1H3,(H,17,18). The van der Waals surface area contributed by atoms with Crippen LogP contribution in [0.3, 0.4) is 0 Å². The molecule has 0 spiro atoms. The lowest BCUT2D eigenvalue weighted by molar-refractivity contribution is 0.601. The van der Waals surface area contributed by atoms with Crippen molar-refractivity contribution in [3.8, 4) is 0 Å². The third-order valence-electron chi connectivity index (χ3n) is 3.06. The number of nitrogens with one attached hydrogen (secondary N) is 2. The number of H-pyrrole nitrogens is 1. The molecule has 0 saturated heterocycles. The van der Waals surface area contributed by atoms with Gasteiger partial charge in [0.05, 0.1) is 10.6 Å². The fourth-order valence-corrected chi connectivity index (χ4v) is 2.82. The zero-order valence-corrected chi connectivity index (χ0v) is 12.7. The molecule has 21 heavy (non-hydrogen) atoms. The summed E-state index contributed by atoms with van der Waals surface area (Å²) in [4.78, 5) is 7.40. The number of fused-ring (bicyclic) bond motifs is 1. The molecule has 2 heterocycles. The molecule has 0 aliphatic carbocycles. The molecular weight excluding hydrogens is 310 g/mol. The van der Waals surface area contributed by atoms with Gasteiger partial charge in [-0.3, -0.25) is 0 Å². The van der Waals surface area contributed by atoms with E-state index >= 15 is 0 Å². The van der Waals surface area contributed by atoms with E-state index in [1.54, 1.807) is 12.1 Å². The molecule has 0 bridgehead atoms. The van der Waals surface area contributed by atoms with Gasteiger partial charge >= 0.3 is 0 Å². The average molecular weight is 322 g/mol. The second-order valence-electron chi connectivity index (χ2n) is 4.67. The lowest BCUT2D eigenvalue weighted by atomic mass is 10.2. The van der Waals surface area contributed by atoms with E-state index in [-0.39, 0.29) is 4.90 Å². The maximum Gasteiger partial charge on any atom is 0.177 e. The number of hydrogen-bond acceptors (Lipinski definition) is 4. The molecule has 0 fully saturated rings. The molecule has 3 rings (SSSR count). The third kappa shape index (κ3) is 2.86. The number of benzene rings is 1. The van der Waals surface area contributed by atoms with Gasteiger partial charge in [-0.05, 0) is 30.3 Å². The Balaban J connectivity index is 1.97. The molecule has 0 aliphatic heterocycles. The minimum absolute atomic E-state index is 0.186.